The molecule has 0 radical (unpaired) electrons. The van der Waals surface area contributed by atoms with Gasteiger partial charge >= 0.3 is 0 Å². The van der Waals surface area contributed by atoms with Crippen LogP contribution in [0.4, 0.5) is 0 Å². The van der Waals surface area contributed by atoms with Crippen molar-refractivity contribution < 1.29 is 4.84 Å². The summed E-state index contributed by atoms with van der Waals surface area (Å²) in [4.78, 5) is 5.27. The number of oxime groups is 1. The molecule has 2 aromatic heterocycles. The van der Waals surface area contributed by atoms with E-state index in [-0.39, 0.29) is 0 Å². The Balaban J connectivity index is 1.95. The van der Waals surface area contributed by atoms with Crippen LogP contribution in [-0.2, 0) is 25.5 Å². The summed E-state index contributed by atoms with van der Waals surface area (Å²) in [7, 11) is 3.74. The molecule has 0 unspecified atom stereocenters. The van der Waals surface area contributed by atoms with Crippen LogP contribution in [0.15, 0.2) is 29.8 Å². The van der Waals surface area contributed by atoms with Crippen molar-refractivity contribution in [3.8, 4) is 0 Å². The van der Waals surface area contributed by atoms with Gasteiger partial charge in [0, 0.05) is 32.1 Å². The second kappa shape index (κ2) is 4.82. The average molecular weight is 233 g/mol. The summed E-state index contributed by atoms with van der Waals surface area (Å²) in [6.45, 7) is 2.30. The van der Waals surface area contributed by atoms with Crippen molar-refractivity contribution in [1.29, 1.82) is 0 Å². The molecule has 0 fully saturated rings. The van der Waals surface area contributed by atoms with Crippen molar-refractivity contribution in [3.63, 3.8) is 0 Å². The van der Waals surface area contributed by atoms with Crippen molar-refractivity contribution >= 4 is 5.71 Å². The normalized spacial score (nSPS) is 11.8. The molecule has 6 nitrogen and oxygen atoms in total. The van der Waals surface area contributed by atoms with Crippen LogP contribution in [0.3, 0.4) is 0 Å². The van der Waals surface area contributed by atoms with Crippen LogP contribution in [0.1, 0.15) is 18.2 Å². The maximum Gasteiger partial charge on any atom is 0.158 e. The van der Waals surface area contributed by atoms with E-state index in [1.807, 2.05) is 33.3 Å². The molecule has 0 saturated carbocycles. The number of hydrogen-bond acceptors (Lipinski definition) is 4. The zero-order chi connectivity index (χ0) is 12.3. The van der Waals surface area contributed by atoms with Crippen molar-refractivity contribution in [3.05, 3.63) is 35.9 Å². The van der Waals surface area contributed by atoms with Gasteiger partial charge in [0.15, 0.2) is 6.61 Å². The highest BCUT2D eigenvalue weighted by atomic mass is 16.6. The molecule has 0 amide bonds. The van der Waals surface area contributed by atoms with Gasteiger partial charge in [-0.25, -0.2) is 0 Å². The maximum absolute atomic E-state index is 5.27. The van der Waals surface area contributed by atoms with Gasteiger partial charge in [0.05, 0.1) is 17.6 Å². The Morgan fingerprint density at radius 1 is 1.41 bits per heavy atom. The van der Waals surface area contributed by atoms with E-state index in [1.165, 1.54) is 0 Å². The highest BCUT2D eigenvalue weighted by Gasteiger charge is 2.01. The summed E-state index contributed by atoms with van der Waals surface area (Å²) in [5, 5.41) is 12.2. The van der Waals surface area contributed by atoms with Crippen LogP contribution in [0, 0.1) is 0 Å². The first kappa shape index (κ1) is 11.4. The van der Waals surface area contributed by atoms with Crippen LogP contribution in [0.2, 0.25) is 0 Å². The van der Waals surface area contributed by atoms with Crippen molar-refractivity contribution in [1.82, 2.24) is 19.6 Å². The fraction of sp³-hybridized carbons (Fsp3) is 0.364. The largest absolute Gasteiger partial charge is 0.389 e. The Kier molecular flexibility index (Phi) is 3.22. The van der Waals surface area contributed by atoms with Crippen LogP contribution >= 0.6 is 0 Å². The SMILES string of the molecule is C/C(=N\OCc1ccnn1C)c1cnn(C)c1. The summed E-state index contributed by atoms with van der Waals surface area (Å²) in [5.41, 5.74) is 2.74. The minimum absolute atomic E-state index is 0.411. The molecule has 0 bridgehead atoms. The monoisotopic (exact) mass is 233 g/mol. The molecular weight excluding hydrogens is 218 g/mol. The number of hydrogen-bond donors (Lipinski definition) is 0. The van der Waals surface area contributed by atoms with E-state index in [1.54, 1.807) is 21.8 Å². The number of aryl methyl sites for hydroxylation is 2. The fourth-order valence-electron chi connectivity index (χ4n) is 1.40. The first-order valence-corrected chi connectivity index (χ1v) is 5.29. The second-order valence-electron chi connectivity index (χ2n) is 3.80. The molecule has 0 aromatic carbocycles. The van der Waals surface area contributed by atoms with Crippen molar-refractivity contribution in [2.75, 3.05) is 0 Å². The van der Waals surface area contributed by atoms with Crippen LogP contribution in [0.25, 0.3) is 0 Å². The molecule has 0 aliphatic heterocycles. The van der Waals surface area contributed by atoms with E-state index in [0.717, 1.165) is 17.0 Å². The molecule has 0 aliphatic rings. The Hall–Kier alpha value is -2.11. The summed E-state index contributed by atoms with van der Waals surface area (Å²) in [6.07, 6.45) is 5.38. The minimum atomic E-state index is 0.411. The summed E-state index contributed by atoms with van der Waals surface area (Å²) >= 11 is 0. The first-order chi connectivity index (χ1) is 8.16. The van der Waals surface area contributed by atoms with Crippen LogP contribution in [0.5, 0.6) is 0 Å². The van der Waals surface area contributed by atoms with Gasteiger partial charge in [-0.2, -0.15) is 10.2 Å². The summed E-state index contributed by atoms with van der Waals surface area (Å²) < 4.78 is 3.49. The Morgan fingerprint density at radius 2 is 2.24 bits per heavy atom. The topological polar surface area (TPSA) is 57.2 Å². The van der Waals surface area contributed by atoms with Gasteiger partial charge in [-0.05, 0) is 13.0 Å². The number of rotatable bonds is 4. The molecule has 0 aliphatic carbocycles. The quantitative estimate of drug-likeness (QED) is 0.587. The van der Waals surface area contributed by atoms with Gasteiger partial charge in [-0.1, -0.05) is 5.16 Å². The standard InChI is InChI=1S/C11H15N5O/c1-9(10-6-13-15(2)7-10)14-17-8-11-4-5-12-16(11)3/h4-7H,8H2,1-3H3/b14-9+. The van der Waals surface area contributed by atoms with Gasteiger partial charge in [-0.15, -0.1) is 0 Å². The van der Waals surface area contributed by atoms with E-state index in [0.29, 0.717) is 6.61 Å². The van der Waals surface area contributed by atoms with E-state index < -0.39 is 0 Å². The lowest BCUT2D eigenvalue weighted by molar-refractivity contribution is 0.125. The molecule has 90 valence electrons. The molecule has 2 aromatic rings. The smallest absolute Gasteiger partial charge is 0.158 e. The van der Waals surface area contributed by atoms with Gasteiger partial charge in [0.1, 0.15) is 0 Å². The predicted molar refractivity (Wildman–Crippen MR) is 63.4 cm³/mol. The minimum Gasteiger partial charge on any atom is -0.389 e. The molecule has 0 N–H and O–H groups in total. The second-order valence-corrected chi connectivity index (χ2v) is 3.80. The third-order valence-corrected chi connectivity index (χ3v) is 2.46. The Morgan fingerprint density at radius 3 is 2.82 bits per heavy atom. The predicted octanol–water partition coefficient (Wildman–Crippen LogP) is 1.09. The third kappa shape index (κ3) is 2.72. The summed E-state index contributed by atoms with van der Waals surface area (Å²) in [5.74, 6) is 0. The fourth-order valence-corrected chi connectivity index (χ4v) is 1.40. The molecule has 0 saturated heterocycles. The lowest BCUT2D eigenvalue weighted by Gasteiger charge is -2.01. The molecule has 6 heteroatoms. The van der Waals surface area contributed by atoms with Gasteiger partial charge < -0.3 is 4.84 Å². The van der Waals surface area contributed by atoms with E-state index in [9.17, 15) is 0 Å². The molecule has 2 heterocycles. The highest BCUT2D eigenvalue weighted by molar-refractivity contribution is 5.97. The van der Waals surface area contributed by atoms with E-state index >= 15 is 0 Å². The van der Waals surface area contributed by atoms with Gasteiger partial charge in [0.25, 0.3) is 0 Å². The lowest BCUT2D eigenvalue weighted by Crippen LogP contribution is -2.00. The summed E-state index contributed by atoms with van der Waals surface area (Å²) in [6, 6.07) is 1.90. The zero-order valence-corrected chi connectivity index (χ0v) is 10.2. The van der Waals surface area contributed by atoms with Crippen LogP contribution in [-0.4, -0.2) is 25.3 Å². The molecule has 2 rings (SSSR count). The van der Waals surface area contributed by atoms with Gasteiger partial charge in [0.2, 0.25) is 0 Å². The Labute approximate surface area is 99.5 Å². The molecule has 0 spiro atoms. The van der Waals surface area contributed by atoms with E-state index in [2.05, 4.69) is 15.4 Å². The number of nitrogens with zero attached hydrogens (tertiary/aromatic N) is 5. The van der Waals surface area contributed by atoms with Crippen LogP contribution < -0.4 is 0 Å². The molecule has 17 heavy (non-hydrogen) atoms. The zero-order valence-electron chi connectivity index (χ0n) is 10.2. The van der Waals surface area contributed by atoms with Gasteiger partial charge in [-0.3, -0.25) is 9.36 Å². The maximum atomic E-state index is 5.27. The highest BCUT2D eigenvalue weighted by Crippen LogP contribution is 2.02. The first-order valence-electron chi connectivity index (χ1n) is 5.29. The van der Waals surface area contributed by atoms with Crippen molar-refractivity contribution in [2.24, 2.45) is 19.3 Å². The lowest BCUT2D eigenvalue weighted by atomic mass is 10.2. The third-order valence-electron chi connectivity index (χ3n) is 2.46. The molecular formula is C11H15N5O. The Bertz CT molecular complexity index is 525. The average Bonchev–Trinajstić information content (AvgIpc) is 2.88. The van der Waals surface area contributed by atoms with Crippen molar-refractivity contribution in [2.45, 2.75) is 13.5 Å². The number of aromatic nitrogens is 4. The van der Waals surface area contributed by atoms with E-state index in [4.69, 9.17) is 4.84 Å². The molecule has 0 atom stereocenters.